The lowest BCUT2D eigenvalue weighted by Gasteiger charge is -2.38. The lowest BCUT2D eigenvalue weighted by molar-refractivity contribution is 0.0546. The standard InChI is InChI=1S/C15H26N4O/c1-4-12-6-7-18(13(9-12)10-16)15(20)14-8-11(3)17-19(14)5-2/h8,12-13H,4-7,9-10,16H2,1-3H3. The number of nitrogens with two attached hydrogens (primary N) is 1. The van der Waals surface area contributed by atoms with Crippen molar-refractivity contribution in [3.63, 3.8) is 0 Å². The molecule has 20 heavy (non-hydrogen) atoms. The van der Waals surface area contributed by atoms with Gasteiger partial charge < -0.3 is 10.6 Å². The summed E-state index contributed by atoms with van der Waals surface area (Å²) in [6.07, 6.45) is 3.28. The van der Waals surface area contributed by atoms with Crippen molar-refractivity contribution in [3.05, 3.63) is 17.5 Å². The summed E-state index contributed by atoms with van der Waals surface area (Å²) in [6.45, 7) is 8.22. The molecule has 1 aliphatic heterocycles. The van der Waals surface area contributed by atoms with Crippen molar-refractivity contribution in [2.24, 2.45) is 11.7 Å². The van der Waals surface area contributed by atoms with Crippen LogP contribution >= 0.6 is 0 Å². The lowest BCUT2D eigenvalue weighted by atomic mass is 9.88. The molecule has 1 aromatic heterocycles. The number of aromatic nitrogens is 2. The van der Waals surface area contributed by atoms with Gasteiger partial charge in [-0.15, -0.1) is 0 Å². The summed E-state index contributed by atoms with van der Waals surface area (Å²) in [4.78, 5) is 14.7. The second kappa shape index (κ2) is 6.39. The lowest BCUT2D eigenvalue weighted by Crippen LogP contribution is -2.50. The highest BCUT2D eigenvalue weighted by atomic mass is 16.2. The second-order valence-corrected chi connectivity index (χ2v) is 5.67. The number of piperidine rings is 1. The molecule has 0 saturated carbocycles. The molecule has 112 valence electrons. The topological polar surface area (TPSA) is 64.2 Å². The van der Waals surface area contributed by atoms with Crippen molar-refractivity contribution in [1.29, 1.82) is 0 Å². The number of rotatable bonds is 4. The van der Waals surface area contributed by atoms with Gasteiger partial charge in [-0.2, -0.15) is 5.10 Å². The molecule has 1 fully saturated rings. The number of carbonyl (C=O) groups is 1. The molecule has 1 amide bonds. The van der Waals surface area contributed by atoms with Crippen LogP contribution < -0.4 is 5.73 Å². The fraction of sp³-hybridized carbons (Fsp3) is 0.733. The van der Waals surface area contributed by atoms with Gasteiger partial charge in [-0.05, 0) is 38.7 Å². The number of hydrogen-bond acceptors (Lipinski definition) is 3. The second-order valence-electron chi connectivity index (χ2n) is 5.67. The molecule has 0 aliphatic carbocycles. The SMILES string of the molecule is CCC1CCN(C(=O)c2cc(C)nn2CC)C(CN)C1. The highest BCUT2D eigenvalue weighted by molar-refractivity contribution is 5.93. The first-order chi connectivity index (χ1) is 9.60. The monoisotopic (exact) mass is 278 g/mol. The maximum atomic E-state index is 12.8. The van der Waals surface area contributed by atoms with Crippen LogP contribution in [0.3, 0.4) is 0 Å². The highest BCUT2D eigenvalue weighted by Gasteiger charge is 2.31. The Morgan fingerprint density at radius 1 is 1.50 bits per heavy atom. The van der Waals surface area contributed by atoms with Gasteiger partial charge in [0.15, 0.2) is 0 Å². The Morgan fingerprint density at radius 2 is 2.25 bits per heavy atom. The summed E-state index contributed by atoms with van der Waals surface area (Å²) in [5, 5.41) is 4.36. The molecule has 5 nitrogen and oxygen atoms in total. The smallest absolute Gasteiger partial charge is 0.272 e. The van der Waals surface area contributed by atoms with E-state index in [1.807, 2.05) is 24.8 Å². The predicted octanol–water partition coefficient (Wildman–Crippen LogP) is 1.80. The Morgan fingerprint density at radius 3 is 2.85 bits per heavy atom. The van der Waals surface area contributed by atoms with E-state index in [9.17, 15) is 4.79 Å². The largest absolute Gasteiger partial charge is 0.333 e. The van der Waals surface area contributed by atoms with E-state index in [0.717, 1.165) is 25.1 Å². The summed E-state index contributed by atoms with van der Waals surface area (Å²) in [6, 6.07) is 2.05. The Kier molecular flexibility index (Phi) is 4.81. The van der Waals surface area contributed by atoms with Gasteiger partial charge in [0.2, 0.25) is 0 Å². The van der Waals surface area contributed by atoms with Crippen LogP contribution in [0.4, 0.5) is 0 Å². The zero-order valence-electron chi connectivity index (χ0n) is 12.8. The van der Waals surface area contributed by atoms with Crippen molar-refractivity contribution in [3.8, 4) is 0 Å². The van der Waals surface area contributed by atoms with Crippen molar-refractivity contribution < 1.29 is 4.79 Å². The molecule has 1 aromatic rings. The van der Waals surface area contributed by atoms with Gasteiger partial charge in [-0.1, -0.05) is 13.3 Å². The molecule has 2 heterocycles. The summed E-state index contributed by atoms with van der Waals surface area (Å²) in [5.74, 6) is 0.780. The van der Waals surface area contributed by atoms with Gasteiger partial charge in [0, 0.05) is 25.7 Å². The Hall–Kier alpha value is -1.36. The average molecular weight is 278 g/mol. The Labute approximate surface area is 121 Å². The van der Waals surface area contributed by atoms with Gasteiger partial charge in [-0.3, -0.25) is 9.48 Å². The van der Waals surface area contributed by atoms with Crippen molar-refractivity contribution in [2.45, 2.75) is 52.6 Å². The summed E-state index contributed by atoms with van der Waals surface area (Å²) >= 11 is 0. The van der Waals surface area contributed by atoms with E-state index in [0.29, 0.717) is 24.7 Å². The molecular weight excluding hydrogens is 252 g/mol. The molecule has 2 unspecified atom stereocenters. The van der Waals surface area contributed by atoms with Crippen LogP contribution in [0, 0.1) is 12.8 Å². The van der Waals surface area contributed by atoms with Gasteiger partial charge in [0.1, 0.15) is 5.69 Å². The fourth-order valence-electron chi connectivity index (χ4n) is 3.10. The molecular formula is C15H26N4O. The molecule has 0 aromatic carbocycles. The van der Waals surface area contributed by atoms with Gasteiger partial charge in [0.25, 0.3) is 5.91 Å². The van der Waals surface area contributed by atoms with Gasteiger partial charge in [0.05, 0.1) is 5.69 Å². The number of carbonyl (C=O) groups excluding carboxylic acids is 1. The van der Waals surface area contributed by atoms with Crippen LogP contribution in [0.1, 0.15) is 49.3 Å². The Bertz CT molecular complexity index is 468. The van der Waals surface area contributed by atoms with Gasteiger partial charge >= 0.3 is 0 Å². The molecule has 5 heteroatoms. The molecule has 1 aliphatic rings. The van der Waals surface area contributed by atoms with Crippen molar-refractivity contribution in [2.75, 3.05) is 13.1 Å². The van der Waals surface area contributed by atoms with Gasteiger partial charge in [-0.25, -0.2) is 0 Å². The first-order valence-electron chi connectivity index (χ1n) is 7.66. The first-order valence-corrected chi connectivity index (χ1v) is 7.66. The van der Waals surface area contributed by atoms with Crippen LogP contribution in [0.5, 0.6) is 0 Å². The zero-order chi connectivity index (χ0) is 14.7. The van der Waals surface area contributed by atoms with E-state index in [-0.39, 0.29) is 11.9 Å². The normalized spacial score (nSPS) is 23.1. The third-order valence-electron chi connectivity index (χ3n) is 4.36. The third kappa shape index (κ3) is 2.87. The average Bonchev–Trinajstić information content (AvgIpc) is 2.86. The van der Waals surface area contributed by atoms with Crippen molar-refractivity contribution in [1.82, 2.24) is 14.7 Å². The minimum atomic E-state index is 0.0810. The van der Waals surface area contributed by atoms with Crippen molar-refractivity contribution >= 4 is 5.91 Å². The molecule has 0 radical (unpaired) electrons. The van der Waals surface area contributed by atoms with Crippen LogP contribution in [-0.2, 0) is 6.54 Å². The first kappa shape index (κ1) is 15.0. The molecule has 0 spiro atoms. The zero-order valence-corrected chi connectivity index (χ0v) is 12.8. The number of nitrogens with zero attached hydrogens (tertiary/aromatic N) is 3. The highest BCUT2D eigenvalue weighted by Crippen LogP contribution is 2.26. The number of amides is 1. The van der Waals surface area contributed by atoms with E-state index >= 15 is 0 Å². The Balaban J connectivity index is 2.19. The maximum absolute atomic E-state index is 12.8. The van der Waals surface area contributed by atoms with E-state index in [1.165, 1.54) is 6.42 Å². The molecule has 1 saturated heterocycles. The van der Waals surface area contributed by atoms with E-state index in [1.54, 1.807) is 4.68 Å². The maximum Gasteiger partial charge on any atom is 0.272 e. The summed E-state index contributed by atoms with van der Waals surface area (Å²) < 4.78 is 1.79. The summed E-state index contributed by atoms with van der Waals surface area (Å²) in [7, 11) is 0. The minimum absolute atomic E-state index is 0.0810. The fourth-order valence-corrected chi connectivity index (χ4v) is 3.10. The number of aryl methyl sites for hydroxylation is 2. The molecule has 2 atom stereocenters. The van der Waals surface area contributed by atoms with Crippen LogP contribution in [0.15, 0.2) is 6.07 Å². The predicted molar refractivity (Wildman–Crippen MR) is 79.5 cm³/mol. The van der Waals surface area contributed by atoms with E-state index in [4.69, 9.17) is 5.73 Å². The molecule has 2 N–H and O–H groups in total. The number of hydrogen-bond donors (Lipinski definition) is 1. The molecule has 0 bridgehead atoms. The van der Waals surface area contributed by atoms with Crippen LogP contribution in [0.2, 0.25) is 0 Å². The van der Waals surface area contributed by atoms with Crippen LogP contribution in [-0.4, -0.2) is 39.7 Å². The minimum Gasteiger partial charge on any atom is -0.333 e. The molecule has 2 rings (SSSR count). The van der Waals surface area contributed by atoms with E-state index in [2.05, 4.69) is 12.0 Å². The van der Waals surface area contributed by atoms with Crippen LogP contribution in [0.25, 0.3) is 0 Å². The van der Waals surface area contributed by atoms with E-state index < -0.39 is 0 Å². The quantitative estimate of drug-likeness (QED) is 0.913. The third-order valence-corrected chi connectivity index (χ3v) is 4.36. The summed E-state index contributed by atoms with van der Waals surface area (Å²) in [5.41, 5.74) is 7.47. The number of likely N-dealkylation sites (tertiary alicyclic amines) is 1.